The number of hydrogen-bond donors (Lipinski definition) is 1. The van der Waals surface area contributed by atoms with E-state index in [9.17, 15) is 0 Å². The van der Waals surface area contributed by atoms with Crippen molar-refractivity contribution in [1.82, 2.24) is 5.32 Å². The van der Waals surface area contributed by atoms with Crippen LogP contribution in [-0.4, -0.2) is 26.4 Å². The molecule has 0 unspecified atom stereocenters. The normalized spacial score (nSPS) is 14.9. The first kappa shape index (κ1) is 12.7. The first-order valence-electron chi connectivity index (χ1n) is 5.93. The van der Waals surface area contributed by atoms with Crippen molar-refractivity contribution in [2.24, 2.45) is 0 Å². The summed E-state index contributed by atoms with van der Waals surface area (Å²) in [5.41, 5.74) is 1.20. The highest BCUT2D eigenvalue weighted by atomic mass is 35.5. The maximum Gasteiger partial charge on any atom is 0.138 e. The average Bonchev–Trinajstić information content (AvgIpc) is 3.13. The van der Waals surface area contributed by atoms with E-state index in [1.54, 1.807) is 7.11 Å². The van der Waals surface area contributed by atoms with Crippen molar-refractivity contribution in [3.05, 3.63) is 28.8 Å². The minimum absolute atomic E-state index is 0.524. The zero-order valence-corrected chi connectivity index (χ0v) is 10.8. The summed E-state index contributed by atoms with van der Waals surface area (Å²) in [6, 6.07) is 6.64. The average molecular weight is 256 g/mol. The number of benzene rings is 1. The molecule has 0 atom stereocenters. The molecule has 0 radical (unpaired) electrons. The Balaban J connectivity index is 1.85. The number of ether oxygens (including phenoxy) is 2. The summed E-state index contributed by atoms with van der Waals surface area (Å²) < 4.78 is 10.4. The number of methoxy groups -OCH3 is 1. The predicted molar refractivity (Wildman–Crippen MR) is 68.7 cm³/mol. The lowest BCUT2D eigenvalue weighted by Gasteiger charge is -2.09. The third kappa shape index (κ3) is 4.19. The first-order chi connectivity index (χ1) is 8.29. The van der Waals surface area contributed by atoms with Gasteiger partial charge >= 0.3 is 0 Å². The van der Waals surface area contributed by atoms with Crippen LogP contribution >= 0.6 is 11.6 Å². The van der Waals surface area contributed by atoms with Crippen LogP contribution in [0.3, 0.4) is 0 Å². The summed E-state index contributed by atoms with van der Waals surface area (Å²) in [4.78, 5) is 0. The molecule has 0 spiro atoms. The molecule has 1 aromatic carbocycles. The quantitative estimate of drug-likeness (QED) is 0.760. The van der Waals surface area contributed by atoms with Crippen LogP contribution in [0.15, 0.2) is 18.2 Å². The molecule has 94 valence electrons. The van der Waals surface area contributed by atoms with Crippen LogP contribution in [0.2, 0.25) is 5.02 Å². The summed E-state index contributed by atoms with van der Waals surface area (Å²) in [6.07, 6.45) is 2.60. The second kappa shape index (κ2) is 6.24. The second-order valence-electron chi connectivity index (χ2n) is 4.26. The molecule has 1 aromatic rings. The molecule has 0 aliphatic heterocycles. The van der Waals surface area contributed by atoms with E-state index in [0.29, 0.717) is 24.3 Å². The highest BCUT2D eigenvalue weighted by Crippen LogP contribution is 2.26. The molecule has 1 N–H and O–H groups in total. The maximum absolute atomic E-state index is 6.15. The van der Waals surface area contributed by atoms with E-state index >= 15 is 0 Å². The summed E-state index contributed by atoms with van der Waals surface area (Å²) in [5, 5.41) is 4.12. The summed E-state index contributed by atoms with van der Waals surface area (Å²) >= 11 is 6.15. The molecule has 0 aromatic heterocycles. The van der Waals surface area contributed by atoms with Gasteiger partial charge in [-0.3, -0.25) is 0 Å². The summed E-state index contributed by atoms with van der Waals surface area (Å²) in [6.45, 7) is 1.97. The van der Waals surface area contributed by atoms with Gasteiger partial charge in [0, 0.05) is 19.7 Å². The molecule has 0 heterocycles. The molecule has 1 aliphatic carbocycles. The topological polar surface area (TPSA) is 30.5 Å². The molecule has 3 nitrogen and oxygen atoms in total. The Kier molecular flexibility index (Phi) is 4.66. The highest BCUT2D eigenvalue weighted by molar-refractivity contribution is 6.32. The van der Waals surface area contributed by atoms with Gasteiger partial charge in [-0.25, -0.2) is 0 Å². The van der Waals surface area contributed by atoms with Crippen LogP contribution in [0, 0.1) is 0 Å². The molecular weight excluding hydrogens is 238 g/mol. The smallest absolute Gasteiger partial charge is 0.138 e. The van der Waals surface area contributed by atoms with Crippen LogP contribution in [0.4, 0.5) is 0 Å². The van der Waals surface area contributed by atoms with Crippen LogP contribution in [-0.2, 0) is 11.3 Å². The number of halogens is 1. The second-order valence-corrected chi connectivity index (χ2v) is 4.67. The number of rotatable bonds is 7. The van der Waals surface area contributed by atoms with E-state index in [1.807, 2.05) is 18.2 Å². The van der Waals surface area contributed by atoms with Crippen molar-refractivity contribution in [3.63, 3.8) is 0 Å². The van der Waals surface area contributed by atoms with Gasteiger partial charge in [0.05, 0.1) is 11.6 Å². The SMILES string of the molecule is COCCOc1ccc(CNC2CC2)cc1Cl. The van der Waals surface area contributed by atoms with Crippen molar-refractivity contribution >= 4 is 11.6 Å². The minimum atomic E-state index is 0.524. The lowest BCUT2D eigenvalue weighted by atomic mass is 10.2. The Morgan fingerprint density at radius 1 is 1.35 bits per heavy atom. The first-order valence-corrected chi connectivity index (χ1v) is 6.31. The molecule has 1 saturated carbocycles. The van der Waals surface area contributed by atoms with Crippen LogP contribution in [0.5, 0.6) is 5.75 Å². The van der Waals surface area contributed by atoms with E-state index in [-0.39, 0.29) is 0 Å². The molecule has 2 rings (SSSR count). The Morgan fingerprint density at radius 3 is 2.82 bits per heavy atom. The lowest BCUT2D eigenvalue weighted by Crippen LogP contribution is -2.15. The molecular formula is C13H18ClNO2. The summed E-state index contributed by atoms with van der Waals surface area (Å²) in [5.74, 6) is 0.721. The molecule has 0 amide bonds. The minimum Gasteiger partial charge on any atom is -0.490 e. The Bertz CT molecular complexity index is 366. The van der Waals surface area contributed by atoms with E-state index in [0.717, 1.165) is 12.3 Å². The van der Waals surface area contributed by atoms with Gasteiger partial charge in [-0.2, -0.15) is 0 Å². The molecule has 1 aliphatic rings. The third-order valence-electron chi connectivity index (χ3n) is 2.71. The van der Waals surface area contributed by atoms with Gasteiger partial charge in [0.2, 0.25) is 0 Å². The lowest BCUT2D eigenvalue weighted by molar-refractivity contribution is 0.146. The van der Waals surface area contributed by atoms with Gasteiger partial charge in [-0.1, -0.05) is 17.7 Å². The molecule has 0 bridgehead atoms. The fourth-order valence-corrected chi connectivity index (χ4v) is 1.81. The zero-order chi connectivity index (χ0) is 12.1. The Morgan fingerprint density at radius 2 is 2.18 bits per heavy atom. The fraction of sp³-hybridized carbons (Fsp3) is 0.538. The highest BCUT2D eigenvalue weighted by Gasteiger charge is 2.19. The Hall–Kier alpha value is -0.770. The van der Waals surface area contributed by atoms with Gasteiger partial charge < -0.3 is 14.8 Å². The Labute approximate surface area is 107 Å². The molecule has 0 saturated heterocycles. The van der Waals surface area contributed by atoms with Crippen molar-refractivity contribution in [1.29, 1.82) is 0 Å². The van der Waals surface area contributed by atoms with E-state index in [4.69, 9.17) is 21.1 Å². The fourth-order valence-electron chi connectivity index (χ4n) is 1.56. The molecule has 4 heteroatoms. The van der Waals surface area contributed by atoms with Gasteiger partial charge in [-0.05, 0) is 30.5 Å². The predicted octanol–water partition coefficient (Wildman–Crippen LogP) is 2.62. The molecule has 1 fully saturated rings. The number of hydrogen-bond acceptors (Lipinski definition) is 3. The van der Waals surface area contributed by atoms with Crippen LogP contribution in [0.1, 0.15) is 18.4 Å². The van der Waals surface area contributed by atoms with Crippen molar-refractivity contribution in [2.45, 2.75) is 25.4 Å². The van der Waals surface area contributed by atoms with Gasteiger partial charge in [0.1, 0.15) is 12.4 Å². The van der Waals surface area contributed by atoms with Crippen molar-refractivity contribution in [2.75, 3.05) is 20.3 Å². The summed E-state index contributed by atoms with van der Waals surface area (Å²) in [7, 11) is 1.65. The van der Waals surface area contributed by atoms with Crippen LogP contribution in [0.25, 0.3) is 0 Å². The largest absolute Gasteiger partial charge is 0.490 e. The standard InChI is InChI=1S/C13H18ClNO2/c1-16-6-7-17-13-5-2-10(8-12(13)14)9-15-11-3-4-11/h2,5,8,11,15H,3-4,6-7,9H2,1H3. The zero-order valence-electron chi connectivity index (χ0n) is 10.0. The maximum atomic E-state index is 6.15. The number of nitrogens with one attached hydrogen (secondary N) is 1. The monoisotopic (exact) mass is 255 g/mol. The van der Waals surface area contributed by atoms with Crippen LogP contribution < -0.4 is 10.1 Å². The van der Waals surface area contributed by atoms with E-state index in [2.05, 4.69) is 5.32 Å². The molecule has 17 heavy (non-hydrogen) atoms. The van der Waals surface area contributed by atoms with Gasteiger partial charge in [0.25, 0.3) is 0 Å². The van der Waals surface area contributed by atoms with E-state index in [1.165, 1.54) is 18.4 Å². The van der Waals surface area contributed by atoms with Crippen molar-refractivity contribution in [3.8, 4) is 5.75 Å². The van der Waals surface area contributed by atoms with Gasteiger partial charge in [0.15, 0.2) is 0 Å². The van der Waals surface area contributed by atoms with Gasteiger partial charge in [-0.15, -0.1) is 0 Å². The van der Waals surface area contributed by atoms with Crippen molar-refractivity contribution < 1.29 is 9.47 Å². The van der Waals surface area contributed by atoms with E-state index < -0.39 is 0 Å². The third-order valence-corrected chi connectivity index (χ3v) is 3.01.